The topological polar surface area (TPSA) is 55.1 Å². The Labute approximate surface area is 174 Å². The molecule has 4 aliphatic carbocycles. The Bertz CT molecular complexity index is 842. The van der Waals surface area contributed by atoms with E-state index in [-0.39, 0.29) is 11.5 Å². The summed E-state index contributed by atoms with van der Waals surface area (Å²) in [5.74, 6) is 2.94. The van der Waals surface area contributed by atoms with E-state index in [2.05, 4.69) is 31.9 Å². The third-order valence-corrected chi connectivity index (χ3v) is 9.65. The van der Waals surface area contributed by atoms with E-state index >= 15 is 0 Å². The van der Waals surface area contributed by atoms with Crippen molar-refractivity contribution in [3.05, 3.63) is 23.5 Å². The highest BCUT2D eigenvalue weighted by molar-refractivity contribution is 6.05. The molecule has 0 saturated heterocycles. The number of ketones is 1. The van der Waals surface area contributed by atoms with Gasteiger partial charge < -0.3 is 5.11 Å². The summed E-state index contributed by atoms with van der Waals surface area (Å²) in [4.78, 5) is 13.5. The van der Waals surface area contributed by atoms with Gasteiger partial charge in [0.15, 0.2) is 5.78 Å². The number of carbonyl (C=O) groups is 1. The molecule has 1 aromatic rings. The van der Waals surface area contributed by atoms with Crippen LogP contribution in [0.3, 0.4) is 0 Å². The van der Waals surface area contributed by atoms with Crippen LogP contribution >= 0.6 is 0 Å². The van der Waals surface area contributed by atoms with Crippen LogP contribution in [0.5, 0.6) is 0 Å². The van der Waals surface area contributed by atoms with Gasteiger partial charge >= 0.3 is 0 Å². The summed E-state index contributed by atoms with van der Waals surface area (Å²) in [6, 6.07) is 2.02. The lowest BCUT2D eigenvalue weighted by molar-refractivity contribution is -0.141. The molecule has 5 rings (SSSR count). The normalized spacial score (nSPS) is 45.7. The van der Waals surface area contributed by atoms with Crippen LogP contribution in [0.25, 0.3) is 6.08 Å². The monoisotopic (exact) mass is 396 g/mol. The first kappa shape index (κ1) is 19.5. The lowest BCUT2D eigenvalue weighted by Gasteiger charge is -2.59. The van der Waals surface area contributed by atoms with Gasteiger partial charge in [-0.1, -0.05) is 13.8 Å². The molecule has 0 amide bonds. The summed E-state index contributed by atoms with van der Waals surface area (Å²) in [6.07, 6.45) is 12.6. The number of rotatable bonds is 2. The third-order valence-electron chi connectivity index (χ3n) is 9.65. The van der Waals surface area contributed by atoms with Crippen LogP contribution in [0, 0.1) is 34.5 Å². The SMILES string of the molecule is CCn1nccc1/C=C1\C[C@H]2[C@@H]3CC[C@H]4C[C@H](O)CC[C@]4(C)[C@H]3CC[C@]2(C)C1=O. The third kappa shape index (κ3) is 2.81. The number of hydrogen-bond donors (Lipinski definition) is 1. The lowest BCUT2D eigenvalue weighted by Crippen LogP contribution is -2.54. The van der Waals surface area contributed by atoms with E-state index in [0.29, 0.717) is 29.0 Å². The van der Waals surface area contributed by atoms with Gasteiger partial charge in [-0.15, -0.1) is 0 Å². The van der Waals surface area contributed by atoms with E-state index in [1.54, 1.807) is 0 Å². The van der Waals surface area contributed by atoms with Crippen molar-refractivity contribution in [2.75, 3.05) is 0 Å². The van der Waals surface area contributed by atoms with Gasteiger partial charge in [-0.25, -0.2) is 0 Å². The van der Waals surface area contributed by atoms with Crippen LogP contribution in [0.2, 0.25) is 0 Å². The molecule has 4 aliphatic rings. The second-order valence-corrected chi connectivity index (χ2v) is 10.8. The highest BCUT2D eigenvalue weighted by Gasteiger charge is 2.61. The molecule has 0 radical (unpaired) electrons. The summed E-state index contributed by atoms with van der Waals surface area (Å²) in [5, 5.41) is 14.6. The van der Waals surface area contributed by atoms with E-state index in [0.717, 1.165) is 55.8 Å². The van der Waals surface area contributed by atoms with E-state index in [9.17, 15) is 9.90 Å². The molecule has 0 aromatic carbocycles. The number of aliphatic hydroxyl groups excluding tert-OH is 1. The van der Waals surface area contributed by atoms with Crippen molar-refractivity contribution >= 4 is 11.9 Å². The van der Waals surface area contributed by atoms with Crippen molar-refractivity contribution in [3.8, 4) is 0 Å². The summed E-state index contributed by atoms with van der Waals surface area (Å²) in [5.41, 5.74) is 2.27. The minimum absolute atomic E-state index is 0.0931. The van der Waals surface area contributed by atoms with E-state index in [4.69, 9.17) is 0 Å². The van der Waals surface area contributed by atoms with Crippen molar-refractivity contribution in [1.29, 1.82) is 0 Å². The lowest BCUT2D eigenvalue weighted by atomic mass is 9.45. The van der Waals surface area contributed by atoms with Gasteiger partial charge in [0.05, 0.1) is 11.8 Å². The zero-order valence-electron chi connectivity index (χ0n) is 18.2. The average molecular weight is 397 g/mol. The van der Waals surface area contributed by atoms with E-state index < -0.39 is 0 Å². The van der Waals surface area contributed by atoms with Crippen molar-refractivity contribution in [3.63, 3.8) is 0 Å². The van der Waals surface area contributed by atoms with Crippen LogP contribution in [-0.4, -0.2) is 26.8 Å². The standard InChI is InChI=1S/C25H36N2O2/c1-4-27-18(9-12-26-27)13-16-14-22-20-6-5-17-15-19(28)7-10-24(17,2)21(20)8-11-25(22,3)23(16)29/h9,12-13,17,19-22,28H,4-8,10-11,14-15H2,1-3H3/b16-13+/t17-,19+,20+,21-,22-,24-,25-/m0/s1. The van der Waals surface area contributed by atoms with Crippen molar-refractivity contribution in [1.82, 2.24) is 9.78 Å². The van der Waals surface area contributed by atoms with Crippen molar-refractivity contribution < 1.29 is 9.90 Å². The summed E-state index contributed by atoms with van der Waals surface area (Å²) >= 11 is 0. The molecule has 0 bridgehead atoms. The molecule has 158 valence electrons. The molecule has 29 heavy (non-hydrogen) atoms. The van der Waals surface area contributed by atoms with Gasteiger partial charge in [0.2, 0.25) is 0 Å². The van der Waals surface area contributed by atoms with Crippen molar-refractivity contribution in [2.24, 2.45) is 34.5 Å². The Morgan fingerprint density at radius 3 is 2.83 bits per heavy atom. The maximum absolute atomic E-state index is 13.5. The fourth-order valence-corrected chi connectivity index (χ4v) is 7.94. The number of Topliss-reactive ketones (excluding diaryl/α,β-unsaturated/α-hetero) is 1. The van der Waals surface area contributed by atoms with Crippen LogP contribution in [0.15, 0.2) is 17.8 Å². The van der Waals surface area contributed by atoms with Crippen LogP contribution in [0.4, 0.5) is 0 Å². The minimum atomic E-state index is -0.179. The Morgan fingerprint density at radius 2 is 2.03 bits per heavy atom. The molecule has 1 heterocycles. The van der Waals surface area contributed by atoms with E-state index in [1.165, 1.54) is 19.3 Å². The molecule has 4 fully saturated rings. The smallest absolute Gasteiger partial charge is 0.165 e. The molecule has 1 N–H and O–H groups in total. The molecule has 4 nitrogen and oxygen atoms in total. The molecule has 4 saturated carbocycles. The predicted molar refractivity (Wildman–Crippen MR) is 114 cm³/mol. The molecule has 0 spiro atoms. The Hall–Kier alpha value is -1.42. The summed E-state index contributed by atoms with van der Waals surface area (Å²) in [6.45, 7) is 7.69. The molecule has 1 aromatic heterocycles. The number of aryl methyl sites for hydroxylation is 1. The zero-order valence-corrected chi connectivity index (χ0v) is 18.2. The number of allylic oxidation sites excluding steroid dienone is 1. The number of carbonyl (C=O) groups excluding carboxylic acids is 1. The number of aromatic nitrogens is 2. The quantitative estimate of drug-likeness (QED) is 0.726. The second-order valence-electron chi connectivity index (χ2n) is 10.8. The van der Waals surface area contributed by atoms with Gasteiger partial charge in [0, 0.05) is 18.2 Å². The minimum Gasteiger partial charge on any atom is -0.393 e. The first-order valence-electron chi connectivity index (χ1n) is 11.8. The zero-order chi connectivity index (χ0) is 20.4. The Morgan fingerprint density at radius 1 is 1.21 bits per heavy atom. The van der Waals surface area contributed by atoms with Gasteiger partial charge in [0.1, 0.15) is 0 Å². The maximum Gasteiger partial charge on any atom is 0.165 e. The number of fused-ring (bicyclic) bond motifs is 5. The van der Waals surface area contributed by atoms with Crippen LogP contribution in [-0.2, 0) is 11.3 Å². The molecule has 7 atom stereocenters. The molecule has 0 unspecified atom stereocenters. The van der Waals surface area contributed by atoms with Crippen LogP contribution in [0.1, 0.15) is 77.8 Å². The van der Waals surface area contributed by atoms with Gasteiger partial charge in [0.25, 0.3) is 0 Å². The fourth-order valence-electron chi connectivity index (χ4n) is 7.94. The fraction of sp³-hybridized carbons (Fsp3) is 0.760. The van der Waals surface area contributed by atoms with Crippen LogP contribution < -0.4 is 0 Å². The van der Waals surface area contributed by atoms with Gasteiger partial charge in [-0.05, 0) is 105 Å². The first-order chi connectivity index (χ1) is 13.9. The van der Waals surface area contributed by atoms with Gasteiger partial charge in [-0.2, -0.15) is 5.10 Å². The number of aliphatic hydroxyl groups is 1. The summed E-state index contributed by atoms with van der Waals surface area (Å²) in [7, 11) is 0. The number of nitrogens with zero attached hydrogens (tertiary/aromatic N) is 2. The first-order valence-corrected chi connectivity index (χ1v) is 11.8. The van der Waals surface area contributed by atoms with E-state index in [1.807, 2.05) is 16.9 Å². The molecule has 0 aliphatic heterocycles. The second kappa shape index (κ2) is 6.80. The molecule has 4 heteroatoms. The average Bonchev–Trinajstić information content (AvgIpc) is 3.25. The summed E-state index contributed by atoms with van der Waals surface area (Å²) < 4.78 is 1.98. The maximum atomic E-state index is 13.5. The van der Waals surface area contributed by atoms with Crippen molar-refractivity contribution in [2.45, 2.75) is 84.8 Å². The van der Waals surface area contributed by atoms with Gasteiger partial charge in [-0.3, -0.25) is 9.48 Å². The Kier molecular flexibility index (Phi) is 4.58. The predicted octanol–water partition coefficient (Wildman–Crippen LogP) is 4.87. The molecular weight excluding hydrogens is 360 g/mol. The largest absolute Gasteiger partial charge is 0.393 e. The highest BCUT2D eigenvalue weighted by atomic mass is 16.3. The highest BCUT2D eigenvalue weighted by Crippen LogP contribution is 2.66. The number of hydrogen-bond acceptors (Lipinski definition) is 3. The molecular formula is C25H36N2O2. The Balaban J connectivity index is 1.45.